The number of carbonyl (C=O) groups is 2. The summed E-state index contributed by atoms with van der Waals surface area (Å²) in [5, 5.41) is 7.83. The van der Waals surface area contributed by atoms with Gasteiger partial charge < -0.3 is 15.8 Å². The average Bonchev–Trinajstić information content (AvgIpc) is 2.95. The fraction of sp³-hybridized carbons (Fsp3) is 0.150. The average molecular weight is 399 g/mol. The van der Waals surface area contributed by atoms with Crippen molar-refractivity contribution in [2.45, 2.75) is 13.8 Å². The molecule has 0 unspecified atom stereocenters. The molecule has 3 aromatic rings. The Morgan fingerprint density at radius 3 is 2.29 bits per heavy atom. The topological polar surface area (TPSA) is 99.2 Å². The van der Waals surface area contributed by atoms with Gasteiger partial charge in [-0.1, -0.05) is 11.6 Å². The number of anilines is 1. The Balaban J connectivity index is 1.68. The third-order valence-corrected chi connectivity index (χ3v) is 4.62. The number of nitrogens with zero attached hydrogens (tertiary/aromatic N) is 2. The molecule has 0 aliphatic heterocycles. The SMILES string of the molecule is Cc1nn(-c2ccc(C(=O)Nc3ccc(OCC(N)=O)cc3)cc2)c(C)c1Cl. The van der Waals surface area contributed by atoms with E-state index in [0.717, 1.165) is 17.1 Å². The van der Waals surface area contributed by atoms with E-state index in [2.05, 4.69) is 10.4 Å². The Hall–Kier alpha value is -3.32. The number of benzene rings is 2. The van der Waals surface area contributed by atoms with Crippen LogP contribution in [0.4, 0.5) is 5.69 Å². The first kappa shape index (κ1) is 19.4. The number of rotatable bonds is 6. The fourth-order valence-corrected chi connectivity index (χ4v) is 2.74. The summed E-state index contributed by atoms with van der Waals surface area (Å²) < 4.78 is 6.92. The van der Waals surface area contributed by atoms with Crippen LogP contribution in [0.15, 0.2) is 48.5 Å². The lowest BCUT2D eigenvalue weighted by Gasteiger charge is -2.09. The highest BCUT2D eigenvalue weighted by molar-refractivity contribution is 6.31. The van der Waals surface area contributed by atoms with E-state index < -0.39 is 5.91 Å². The second-order valence-electron chi connectivity index (χ2n) is 6.18. The number of nitrogens with two attached hydrogens (primary N) is 1. The van der Waals surface area contributed by atoms with E-state index in [0.29, 0.717) is 22.0 Å². The number of primary amides is 1. The van der Waals surface area contributed by atoms with Crippen LogP contribution in [0.5, 0.6) is 5.75 Å². The molecule has 0 aliphatic carbocycles. The maximum atomic E-state index is 12.4. The van der Waals surface area contributed by atoms with E-state index in [4.69, 9.17) is 22.1 Å². The lowest BCUT2D eigenvalue weighted by atomic mass is 10.2. The maximum absolute atomic E-state index is 12.4. The highest BCUT2D eigenvalue weighted by Gasteiger charge is 2.12. The normalized spacial score (nSPS) is 10.5. The summed E-state index contributed by atoms with van der Waals surface area (Å²) >= 11 is 6.19. The predicted molar refractivity (Wildman–Crippen MR) is 107 cm³/mol. The van der Waals surface area contributed by atoms with Crippen LogP contribution in [0.25, 0.3) is 5.69 Å². The summed E-state index contributed by atoms with van der Waals surface area (Å²) in [5.74, 6) is -0.308. The lowest BCUT2D eigenvalue weighted by molar-refractivity contribution is -0.119. The van der Waals surface area contributed by atoms with Crippen LogP contribution in [-0.2, 0) is 4.79 Å². The molecular weight excluding hydrogens is 380 g/mol. The number of aryl methyl sites for hydroxylation is 1. The van der Waals surface area contributed by atoms with Gasteiger partial charge in [-0.25, -0.2) is 4.68 Å². The molecule has 8 heteroatoms. The van der Waals surface area contributed by atoms with Gasteiger partial charge in [0, 0.05) is 11.3 Å². The van der Waals surface area contributed by atoms with Crippen LogP contribution in [0.1, 0.15) is 21.7 Å². The highest BCUT2D eigenvalue weighted by atomic mass is 35.5. The minimum absolute atomic E-state index is 0.196. The molecule has 1 aromatic heterocycles. The van der Waals surface area contributed by atoms with Gasteiger partial charge in [0.05, 0.1) is 22.1 Å². The Labute approximate surface area is 167 Å². The Bertz CT molecular complexity index is 1010. The fourth-order valence-electron chi connectivity index (χ4n) is 2.62. The molecule has 144 valence electrons. The van der Waals surface area contributed by atoms with Gasteiger partial charge >= 0.3 is 0 Å². The molecule has 2 amide bonds. The summed E-state index contributed by atoms with van der Waals surface area (Å²) in [6, 6.07) is 13.7. The zero-order chi connectivity index (χ0) is 20.3. The molecule has 0 saturated heterocycles. The summed E-state index contributed by atoms with van der Waals surface area (Å²) in [6.07, 6.45) is 0. The van der Waals surface area contributed by atoms with Gasteiger partial charge in [-0.15, -0.1) is 0 Å². The van der Waals surface area contributed by atoms with Crippen LogP contribution in [0, 0.1) is 13.8 Å². The highest BCUT2D eigenvalue weighted by Crippen LogP contribution is 2.23. The Morgan fingerprint density at radius 2 is 1.75 bits per heavy atom. The molecule has 2 aromatic carbocycles. The number of aromatic nitrogens is 2. The van der Waals surface area contributed by atoms with E-state index in [-0.39, 0.29) is 12.5 Å². The van der Waals surface area contributed by atoms with Crippen LogP contribution in [0.3, 0.4) is 0 Å². The smallest absolute Gasteiger partial charge is 0.255 e. The van der Waals surface area contributed by atoms with E-state index >= 15 is 0 Å². The molecule has 0 atom stereocenters. The molecule has 0 spiro atoms. The van der Waals surface area contributed by atoms with Crippen molar-refractivity contribution in [3.63, 3.8) is 0 Å². The molecule has 0 aliphatic rings. The first-order chi connectivity index (χ1) is 13.3. The number of halogens is 1. The molecular formula is C20H19ClN4O3. The van der Waals surface area contributed by atoms with Gasteiger partial charge in [0.25, 0.3) is 11.8 Å². The number of carbonyl (C=O) groups excluding carboxylic acids is 2. The number of hydrogen-bond acceptors (Lipinski definition) is 4. The van der Waals surface area contributed by atoms with Crippen molar-refractivity contribution < 1.29 is 14.3 Å². The largest absolute Gasteiger partial charge is 0.484 e. The molecule has 7 nitrogen and oxygen atoms in total. The van der Waals surface area contributed by atoms with Gasteiger partial charge in [0.1, 0.15) is 5.75 Å². The van der Waals surface area contributed by atoms with Crippen molar-refractivity contribution in [2.24, 2.45) is 5.73 Å². The van der Waals surface area contributed by atoms with Gasteiger partial charge in [0.2, 0.25) is 0 Å². The standard InChI is InChI=1S/C20H19ClN4O3/c1-12-19(21)13(2)25(24-12)16-7-3-14(4-8-16)20(27)23-15-5-9-17(10-6-15)28-11-18(22)26/h3-10H,11H2,1-2H3,(H2,22,26)(H,23,27). The van der Waals surface area contributed by atoms with Crippen LogP contribution >= 0.6 is 11.6 Å². The van der Waals surface area contributed by atoms with Crippen molar-refractivity contribution in [1.82, 2.24) is 9.78 Å². The second kappa shape index (κ2) is 8.14. The quantitative estimate of drug-likeness (QED) is 0.665. The molecule has 0 fully saturated rings. The minimum atomic E-state index is -0.552. The van der Waals surface area contributed by atoms with Crippen molar-refractivity contribution in [3.8, 4) is 11.4 Å². The van der Waals surface area contributed by atoms with Gasteiger partial charge in [-0.3, -0.25) is 9.59 Å². The molecule has 0 saturated carbocycles. The first-order valence-electron chi connectivity index (χ1n) is 8.50. The lowest BCUT2D eigenvalue weighted by Crippen LogP contribution is -2.20. The van der Waals surface area contributed by atoms with Crippen molar-refractivity contribution in [1.29, 1.82) is 0 Å². The summed E-state index contributed by atoms with van der Waals surface area (Å²) in [4.78, 5) is 23.2. The Kier molecular flexibility index (Phi) is 5.65. The van der Waals surface area contributed by atoms with E-state index in [1.807, 2.05) is 26.0 Å². The van der Waals surface area contributed by atoms with Crippen LogP contribution in [-0.4, -0.2) is 28.2 Å². The van der Waals surface area contributed by atoms with Crippen molar-refractivity contribution in [2.75, 3.05) is 11.9 Å². The molecule has 28 heavy (non-hydrogen) atoms. The van der Waals surface area contributed by atoms with Gasteiger partial charge in [-0.2, -0.15) is 5.10 Å². The van der Waals surface area contributed by atoms with E-state index in [1.54, 1.807) is 41.1 Å². The molecule has 0 bridgehead atoms. The number of hydrogen-bond donors (Lipinski definition) is 2. The number of nitrogens with one attached hydrogen (secondary N) is 1. The maximum Gasteiger partial charge on any atom is 0.255 e. The van der Waals surface area contributed by atoms with Crippen molar-refractivity contribution >= 4 is 29.1 Å². The molecule has 1 heterocycles. The summed E-state index contributed by atoms with van der Waals surface area (Å²) in [6.45, 7) is 3.54. The van der Waals surface area contributed by atoms with Crippen molar-refractivity contribution in [3.05, 3.63) is 70.5 Å². The minimum Gasteiger partial charge on any atom is -0.484 e. The predicted octanol–water partition coefficient (Wildman–Crippen LogP) is 3.26. The Morgan fingerprint density at radius 1 is 1.11 bits per heavy atom. The third-order valence-electron chi connectivity index (χ3n) is 4.07. The van der Waals surface area contributed by atoms with Gasteiger partial charge in [-0.05, 0) is 62.4 Å². The zero-order valence-electron chi connectivity index (χ0n) is 15.4. The molecule has 3 rings (SSSR count). The molecule has 0 radical (unpaired) electrons. The third kappa shape index (κ3) is 4.32. The van der Waals surface area contributed by atoms with Crippen LogP contribution < -0.4 is 15.8 Å². The summed E-state index contributed by atoms with van der Waals surface area (Å²) in [5.41, 5.74) is 8.56. The monoisotopic (exact) mass is 398 g/mol. The van der Waals surface area contributed by atoms with Gasteiger partial charge in [0.15, 0.2) is 6.61 Å². The summed E-state index contributed by atoms with van der Waals surface area (Å²) in [7, 11) is 0. The van der Waals surface area contributed by atoms with Crippen LogP contribution in [0.2, 0.25) is 5.02 Å². The zero-order valence-corrected chi connectivity index (χ0v) is 16.2. The van der Waals surface area contributed by atoms with E-state index in [1.165, 1.54) is 0 Å². The van der Waals surface area contributed by atoms with E-state index in [9.17, 15) is 9.59 Å². The number of ether oxygens (including phenoxy) is 1. The molecule has 3 N–H and O–H groups in total. The second-order valence-corrected chi connectivity index (χ2v) is 6.55. The first-order valence-corrected chi connectivity index (χ1v) is 8.87. The number of amides is 2.